The molecule has 0 atom stereocenters. The van der Waals surface area contributed by atoms with E-state index in [9.17, 15) is 0 Å². The molecule has 0 bridgehead atoms. The van der Waals surface area contributed by atoms with Gasteiger partial charge in [0.2, 0.25) is 5.88 Å². The van der Waals surface area contributed by atoms with Crippen LogP contribution in [0.4, 0.5) is 5.82 Å². The van der Waals surface area contributed by atoms with Gasteiger partial charge in [0.05, 0.1) is 0 Å². The average Bonchev–Trinajstić information content (AvgIpc) is 2.45. The van der Waals surface area contributed by atoms with Gasteiger partial charge in [-0.05, 0) is 17.7 Å². The molecule has 1 aromatic carbocycles. The maximum atomic E-state index is 5.80. The summed E-state index contributed by atoms with van der Waals surface area (Å²) in [5.41, 5.74) is 0.975. The van der Waals surface area contributed by atoms with Crippen LogP contribution in [0.5, 0.6) is 5.88 Å². The predicted octanol–water partition coefficient (Wildman–Crippen LogP) is 4.16. The Morgan fingerprint density at radius 1 is 1.14 bits per heavy atom. The van der Waals surface area contributed by atoms with Gasteiger partial charge >= 0.3 is 0 Å². The van der Waals surface area contributed by atoms with E-state index in [1.165, 1.54) is 0 Å². The van der Waals surface area contributed by atoms with Crippen molar-refractivity contribution in [3.8, 4) is 5.88 Å². The average molecular weight is 350 g/mol. The summed E-state index contributed by atoms with van der Waals surface area (Å²) in [6.45, 7) is 6.73. The lowest BCUT2D eigenvalue weighted by Gasteiger charge is -2.18. The molecule has 0 aliphatic rings. The van der Waals surface area contributed by atoms with Crippen molar-refractivity contribution in [2.75, 3.05) is 12.4 Å². The fraction of sp³-hybridized carbons (Fsp3) is 0.375. The van der Waals surface area contributed by atoms with Crippen molar-refractivity contribution < 1.29 is 4.74 Å². The molecule has 1 heterocycles. The van der Waals surface area contributed by atoms with Crippen molar-refractivity contribution in [2.24, 2.45) is 0 Å². The highest BCUT2D eigenvalue weighted by Gasteiger charge is 2.19. The Hall–Kier alpha value is -1.62. The summed E-state index contributed by atoms with van der Waals surface area (Å²) in [4.78, 5) is 8.98. The summed E-state index contributed by atoms with van der Waals surface area (Å²) in [7, 11) is 1.84. The first-order valence-corrected chi connectivity index (χ1v) is 7.62. The van der Waals surface area contributed by atoms with Gasteiger partial charge in [-0.1, -0.05) is 48.8 Å². The van der Waals surface area contributed by atoms with E-state index in [-0.39, 0.29) is 5.41 Å². The van der Waals surface area contributed by atoms with Crippen molar-refractivity contribution >= 4 is 21.7 Å². The van der Waals surface area contributed by atoms with E-state index in [1.807, 2.05) is 37.4 Å². The van der Waals surface area contributed by atoms with Crippen molar-refractivity contribution in [1.29, 1.82) is 0 Å². The third-order valence-electron chi connectivity index (χ3n) is 2.93. The number of nitrogens with zero attached hydrogens (tertiary/aromatic N) is 2. The van der Waals surface area contributed by atoms with Crippen LogP contribution in [0.25, 0.3) is 0 Å². The van der Waals surface area contributed by atoms with E-state index in [1.54, 1.807) is 0 Å². The fourth-order valence-electron chi connectivity index (χ4n) is 1.70. The summed E-state index contributed by atoms with van der Waals surface area (Å²) < 4.78 is 6.86. The highest BCUT2D eigenvalue weighted by Crippen LogP contribution is 2.23. The van der Waals surface area contributed by atoms with Crippen LogP contribution in [0.3, 0.4) is 0 Å². The molecule has 0 aliphatic heterocycles. The molecule has 0 saturated carbocycles. The number of aromatic nitrogens is 2. The molecule has 2 rings (SSSR count). The van der Waals surface area contributed by atoms with Crippen LogP contribution in [0.1, 0.15) is 32.2 Å². The van der Waals surface area contributed by atoms with Crippen LogP contribution in [0.15, 0.2) is 34.8 Å². The zero-order chi connectivity index (χ0) is 15.5. The summed E-state index contributed by atoms with van der Waals surface area (Å²) in [6.07, 6.45) is 0. The fourth-order valence-corrected chi connectivity index (χ4v) is 1.96. The Morgan fingerprint density at radius 3 is 2.38 bits per heavy atom. The van der Waals surface area contributed by atoms with E-state index in [0.29, 0.717) is 12.5 Å². The SMILES string of the molecule is CNc1cc(OCc2ccc(Br)cc2)nc(C(C)(C)C)n1. The van der Waals surface area contributed by atoms with Crippen LogP contribution in [-0.2, 0) is 12.0 Å². The number of ether oxygens (including phenoxy) is 1. The third kappa shape index (κ3) is 4.43. The maximum absolute atomic E-state index is 5.80. The molecule has 0 aliphatic carbocycles. The molecule has 4 nitrogen and oxygen atoms in total. The van der Waals surface area contributed by atoms with Crippen molar-refractivity contribution in [1.82, 2.24) is 9.97 Å². The summed E-state index contributed by atoms with van der Waals surface area (Å²) in [5, 5.41) is 3.05. The van der Waals surface area contributed by atoms with Crippen molar-refractivity contribution in [2.45, 2.75) is 32.8 Å². The molecule has 0 spiro atoms. The first-order valence-electron chi connectivity index (χ1n) is 6.83. The molecular formula is C16H20BrN3O. The zero-order valence-corrected chi connectivity index (χ0v) is 14.4. The monoisotopic (exact) mass is 349 g/mol. The minimum atomic E-state index is -0.122. The Kier molecular flexibility index (Phi) is 4.83. The highest BCUT2D eigenvalue weighted by atomic mass is 79.9. The molecule has 1 N–H and O–H groups in total. The maximum Gasteiger partial charge on any atom is 0.219 e. The van der Waals surface area contributed by atoms with E-state index in [4.69, 9.17) is 4.74 Å². The molecule has 0 unspecified atom stereocenters. The first-order chi connectivity index (χ1) is 9.88. The van der Waals surface area contributed by atoms with Crippen LogP contribution in [-0.4, -0.2) is 17.0 Å². The minimum Gasteiger partial charge on any atom is -0.473 e. The Labute approximate surface area is 134 Å². The summed E-state index contributed by atoms with van der Waals surface area (Å²) >= 11 is 3.42. The predicted molar refractivity (Wildman–Crippen MR) is 88.8 cm³/mol. The van der Waals surface area contributed by atoms with E-state index in [2.05, 4.69) is 52.0 Å². The molecule has 2 aromatic rings. The lowest BCUT2D eigenvalue weighted by molar-refractivity contribution is 0.290. The van der Waals surface area contributed by atoms with Crippen LogP contribution in [0, 0.1) is 0 Å². The summed E-state index contributed by atoms with van der Waals surface area (Å²) in [6, 6.07) is 9.86. The van der Waals surface area contributed by atoms with Gasteiger partial charge in [0.25, 0.3) is 0 Å². The number of benzene rings is 1. The van der Waals surface area contributed by atoms with Crippen molar-refractivity contribution in [3.63, 3.8) is 0 Å². The van der Waals surface area contributed by atoms with Crippen molar-refractivity contribution in [3.05, 3.63) is 46.2 Å². The van der Waals surface area contributed by atoms with E-state index in [0.717, 1.165) is 21.7 Å². The minimum absolute atomic E-state index is 0.122. The van der Waals surface area contributed by atoms with Gasteiger partial charge in [0.15, 0.2) is 0 Å². The van der Waals surface area contributed by atoms with Gasteiger partial charge < -0.3 is 10.1 Å². The second-order valence-corrected chi connectivity index (χ2v) is 6.75. The van der Waals surface area contributed by atoms with Gasteiger partial charge in [-0.3, -0.25) is 0 Å². The molecule has 5 heteroatoms. The standard InChI is InChI=1S/C16H20BrN3O/c1-16(2,3)15-19-13(18-4)9-14(20-15)21-10-11-5-7-12(17)8-6-11/h5-9H,10H2,1-4H3,(H,18,19,20). The summed E-state index contributed by atoms with van der Waals surface area (Å²) in [5.74, 6) is 2.11. The number of rotatable bonds is 4. The van der Waals surface area contributed by atoms with E-state index >= 15 is 0 Å². The van der Waals surface area contributed by atoms with Gasteiger partial charge in [-0.2, -0.15) is 4.98 Å². The normalized spacial score (nSPS) is 11.3. The molecule has 0 fully saturated rings. The van der Waals surface area contributed by atoms with Gasteiger partial charge in [-0.25, -0.2) is 4.98 Å². The number of hydrogen-bond acceptors (Lipinski definition) is 4. The number of anilines is 1. The topological polar surface area (TPSA) is 47.0 Å². The zero-order valence-electron chi connectivity index (χ0n) is 12.8. The molecule has 21 heavy (non-hydrogen) atoms. The largest absolute Gasteiger partial charge is 0.473 e. The molecule has 0 amide bonds. The molecule has 0 radical (unpaired) electrons. The van der Waals surface area contributed by atoms with Gasteiger partial charge in [0, 0.05) is 23.0 Å². The highest BCUT2D eigenvalue weighted by molar-refractivity contribution is 9.10. The first kappa shape index (κ1) is 15.8. The lowest BCUT2D eigenvalue weighted by atomic mass is 9.96. The molecule has 1 aromatic heterocycles. The molecule has 112 valence electrons. The Balaban J connectivity index is 2.17. The van der Waals surface area contributed by atoms with Crippen LogP contribution in [0.2, 0.25) is 0 Å². The molecular weight excluding hydrogens is 330 g/mol. The number of halogens is 1. The van der Waals surface area contributed by atoms with Gasteiger partial charge in [-0.15, -0.1) is 0 Å². The van der Waals surface area contributed by atoms with E-state index < -0.39 is 0 Å². The molecule has 0 saturated heterocycles. The Morgan fingerprint density at radius 2 is 1.81 bits per heavy atom. The van der Waals surface area contributed by atoms with Crippen LogP contribution < -0.4 is 10.1 Å². The smallest absolute Gasteiger partial charge is 0.219 e. The second-order valence-electron chi connectivity index (χ2n) is 5.83. The number of hydrogen-bond donors (Lipinski definition) is 1. The number of nitrogens with one attached hydrogen (secondary N) is 1. The second kappa shape index (κ2) is 6.43. The third-order valence-corrected chi connectivity index (χ3v) is 3.46. The lowest BCUT2D eigenvalue weighted by Crippen LogP contribution is -2.17. The quantitative estimate of drug-likeness (QED) is 0.900. The van der Waals surface area contributed by atoms with Gasteiger partial charge in [0.1, 0.15) is 18.2 Å². The van der Waals surface area contributed by atoms with Crippen LogP contribution >= 0.6 is 15.9 Å². The Bertz CT molecular complexity index is 606.